The number of carbonyl (C=O) groups excluding carboxylic acids is 1. The van der Waals surface area contributed by atoms with E-state index in [0.29, 0.717) is 6.54 Å². The number of nitrogens with one attached hydrogen (secondary N) is 1. The molecule has 126 valence electrons. The van der Waals surface area contributed by atoms with E-state index in [2.05, 4.69) is 15.1 Å². The van der Waals surface area contributed by atoms with Crippen molar-refractivity contribution in [3.05, 3.63) is 29.8 Å². The SMILES string of the molecule is Cc1cccc(NC(=O)CN2CCC(N3CCCCC3)CC2)c1. The normalized spacial score (nSPS) is 21.3. The van der Waals surface area contributed by atoms with Crippen molar-refractivity contribution in [2.45, 2.75) is 45.1 Å². The lowest BCUT2D eigenvalue weighted by atomic mass is 10.00. The highest BCUT2D eigenvalue weighted by molar-refractivity contribution is 5.92. The monoisotopic (exact) mass is 315 g/mol. The van der Waals surface area contributed by atoms with Crippen LogP contribution in [0.2, 0.25) is 0 Å². The Morgan fingerprint density at radius 1 is 1.13 bits per heavy atom. The lowest BCUT2D eigenvalue weighted by molar-refractivity contribution is -0.117. The Kier molecular flexibility index (Phi) is 5.68. The molecule has 0 aliphatic carbocycles. The average molecular weight is 315 g/mol. The number of rotatable bonds is 4. The summed E-state index contributed by atoms with van der Waals surface area (Å²) < 4.78 is 0. The Morgan fingerprint density at radius 2 is 1.87 bits per heavy atom. The van der Waals surface area contributed by atoms with Crippen LogP contribution in [0.3, 0.4) is 0 Å². The van der Waals surface area contributed by atoms with E-state index in [-0.39, 0.29) is 5.91 Å². The Morgan fingerprint density at radius 3 is 2.57 bits per heavy atom. The van der Waals surface area contributed by atoms with E-state index in [1.165, 1.54) is 50.8 Å². The summed E-state index contributed by atoms with van der Waals surface area (Å²) in [6, 6.07) is 8.73. The van der Waals surface area contributed by atoms with Crippen LogP contribution in [0, 0.1) is 6.92 Å². The lowest BCUT2D eigenvalue weighted by Crippen LogP contribution is -2.48. The highest BCUT2D eigenvalue weighted by Gasteiger charge is 2.26. The van der Waals surface area contributed by atoms with Crippen LogP contribution < -0.4 is 5.32 Å². The highest BCUT2D eigenvalue weighted by Crippen LogP contribution is 2.20. The minimum Gasteiger partial charge on any atom is -0.325 e. The molecule has 0 saturated carbocycles. The van der Waals surface area contributed by atoms with Crippen molar-refractivity contribution in [3.8, 4) is 0 Å². The van der Waals surface area contributed by atoms with E-state index in [0.717, 1.165) is 24.8 Å². The van der Waals surface area contributed by atoms with Crippen molar-refractivity contribution < 1.29 is 4.79 Å². The van der Waals surface area contributed by atoms with Gasteiger partial charge in [0, 0.05) is 24.8 Å². The Bertz CT molecular complexity index is 517. The summed E-state index contributed by atoms with van der Waals surface area (Å²) in [7, 11) is 0. The molecule has 2 aliphatic rings. The maximum absolute atomic E-state index is 12.2. The van der Waals surface area contributed by atoms with E-state index >= 15 is 0 Å². The first kappa shape index (κ1) is 16.5. The molecule has 0 radical (unpaired) electrons. The van der Waals surface area contributed by atoms with Gasteiger partial charge in [-0.2, -0.15) is 0 Å². The molecule has 1 N–H and O–H groups in total. The summed E-state index contributed by atoms with van der Waals surface area (Å²) in [5, 5.41) is 3.01. The topological polar surface area (TPSA) is 35.6 Å². The molecule has 0 aromatic heterocycles. The molecular weight excluding hydrogens is 286 g/mol. The number of hydrogen-bond acceptors (Lipinski definition) is 3. The summed E-state index contributed by atoms with van der Waals surface area (Å²) in [4.78, 5) is 17.2. The van der Waals surface area contributed by atoms with Crippen molar-refractivity contribution in [3.63, 3.8) is 0 Å². The van der Waals surface area contributed by atoms with Gasteiger partial charge in [-0.3, -0.25) is 9.69 Å². The fourth-order valence-electron chi connectivity index (χ4n) is 3.85. The Hall–Kier alpha value is -1.39. The van der Waals surface area contributed by atoms with Crippen molar-refractivity contribution >= 4 is 11.6 Å². The predicted octanol–water partition coefficient (Wildman–Crippen LogP) is 2.88. The molecule has 0 bridgehead atoms. The summed E-state index contributed by atoms with van der Waals surface area (Å²) in [5.74, 6) is 0.104. The van der Waals surface area contributed by atoms with Crippen LogP contribution in [0.15, 0.2) is 24.3 Å². The molecule has 2 fully saturated rings. The number of likely N-dealkylation sites (tertiary alicyclic amines) is 2. The first-order valence-electron chi connectivity index (χ1n) is 9.03. The average Bonchev–Trinajstić information content (AvgIpc) is 2.56. The van der Waals surface area contributed by atoms with Crippen LogP contribution in [-0.4, -0.2) is 54.5 Å². The number of aryl methyl sites for hydroxylation is 1. The van der Waals surface area contributed by atoms with Gasteiger partial charge in [0.1, 0.15) is 0 Å². The van der Waals surface area contributed by atoms with Gasteiger partial charge >= 0.3 is 0 Å². The number of anilines is 1. The Balaban J connectivity index is 1.42. The maximum atomic E-state index is 12.2. The van der Waals surface area contributed by atoms with Crippen LogP contribution in [0.4, 0.5) is 5.69 Å². The number of benzene rings is 1. The molecule has 0 atom stereocenters. The molecule has 23 heavy (non-hydrogen) atoms. The van der Waals surface area contributed by atoms with Crippen LogP contribution in [-0.2, 0) is 4.79 Å². The first-order chi connectivity index (χ1) is 11.2. The molecule has 0 spiro atoms. The number of hydrogen-bond donors (Lipinski definition) is 1. The van der Waals surface area contributed by atoms with E-state index in [4.69, 9.17) is 0 Å². The molecule has 3 rings (SSSR count). The number of piperidine rings is 2. The Labute approximate surface area is 139 Å². The molecule has 4 heteroatoms. The first-order valence-corrected chi connectivity index (χ1v) is 9.03. The molecule has 0 unspecified atom stereocenters. The minimum atomic E-state index is 0.104. The third-order valence-corrected chi connectivity index (χ3v) is 5.13. The van der Waals surface area contributed by atoms with Gasteiger partial charge < -0.3 is 10.2 Å². The third-order valence-electron chi connectivity index (χ3n) is 5.13. The van der Waals surface area contributed by atoms with E-state index in [9.17, 15) is 4.79 Å². The molecular formula is C19H29N3O. The predicted molar refractivity (Wildman–Crippen MR) is 94.7 cm³/mol. The minimum absolute atomic E-state index is 0.104. The summed E-state index contributed by atoms with van der Waals surface area (Å²) in [5.41, 5.74) is 2.07. The smallest absolute Gasteiger partial charge is 0.238 e. The van der Waals surface area contributed by atoms with Gasteiger partial charge in [-0.05, 0) is 63.4 Å². The fraction of sp³-hybridized carbons (Fsp3) is 0.632. The maximum Gasteiger partial charge on any atom is 0.238 e. The van der Waals surface area contributed by atoms with E-state index in [1.54, 1.807) is 0 Å². The van der Waals surface area contributed by atoms with Crippen LogP contribution in [0.1, 0.15) is 37.7 Å². The molecule has 2 saturated heterocycles. The van der Waals surface area contributed by atoms with Gasteiger partial charge in [-0.25, -0.2) is 0 Å². The summed E-state index contributed by atoms with van der Waals surface area (Å²) in [6.07, 6.45) is 6.53. The quantitative estimate of drug-likeness (QED) is 0.928. The van der Waals surface area contributed by atoms with E-state index in [1.807, 2.05) is 31.2 Å². The van der Waals surface area contributed by atoms with Gasteiger partial charge in [0.15, 0.2) is 0 Å². The highest BCUT2D eigenvalue weighted by atomic mass is 16.2. The zero-order valence-corrected chi connectivity index (χ0v) is 14.3. The summed E-state index contributed by atoms with van der Waals surface area (Å²) in [6.45, 7) is 7.20. The van der Waals surface area contributed by atoms with Gasteiger partial charge in [-0.1, -0.05) is 18.6 Å². The second kappa shape index (κ2) is 7.93. The second-order valence-corrected chi connectivity index (χ2v) is 7.02. The summed E-state index contributed by atoms with van der Waals surface area (Å²) >= 11 is 0. The van der Waals surface area contributed by atoms with Crippen molar-refractivity contribution in [2.75, 3.05) is 38.0 Å². The van der Waals surface area contributed by atoms with Gasteiger partial charge in [0.2, 0.25) is 5.91 Å². The van der Waals surface area contributed by atoms with Gasteiger partial charge in [-0.15, -0.1) is 0 Å². The zero-order chi connectivity index (χ0) is 16.1. The molecule has 2 aliphatic heterocycles. The third kappa shape index (κ3) is 4.79. The largest absolute Gasteiger partial charge is 0.325 e. The molecule has 2 heterocycles. The molecule has 1 amide bonds. The van der Waals surface area contributed by atoms with Crippen molar-refractivity contribution in [2.24, 2.45) is 0 Å². The molecule has 1 aromatic carbocycles. The van der Waals surface area contributed by atoms with Crippen molar-refractivity contribution in [1.82, 2.24) is 9.80 Å². The zero-order valence-electron chi connectivity index (χ0n) is 14.3. The lowest BCUT2D eigenvalue weighted by Gasteiger charge is -2.40. The molecule has 1 aromatic rings. The molecule has 4 nitrogen and oxygen atoms in total. The second-order valence-electron chi connectivity index (χ2n) is 7.02. The number of carbonyl (C=O) groups is 1. The standard InChI is InChI=1S/C19H29N3O/c1-16-6-5-7-17(14-16)20-19(23)15-21-12-8-18(9-13-21)22-10-3-2-4-11-22/h5-7,14,18H,2-4,8-13,15H2,1H3,(H,20,23). The fourth-order valence-corrected chi connectivity index (χ4v) is 3.85. The van der Waals surface area contributed by atoms with Crippen LogP contribution >= 0.6 is 0 Å². The number of nitrogens with zero attached hydrogens (tertiary/aromatic N) is 2. The van der Waals surface area contributed by atoms with Crippen LogP contribution in [0.5, 0.6) is 0 Å². The number of amides is 1. The van der Waals surface area contributed by atoms with Gasteiger partial charge in [0.05, 0.1) is 6.54 Å². The van der Waals surface area contributed by atoms with Crippen molar-refractivity contribution in [1.29, 1.82) is 0 Å². The van der Waals surface area contributed by atoms with Crippen LogP contribution in [0.25, 0.3) is 0 Å². The van der Waals surface area contributed by atoms with Gasteiger partial charge in [0.25, 0.3) is 0 Å². The van der Waals surface area contributed by atoms with E-state index < -0.39 is 0 Å².